The van der Waals surface area contributed by atoms with E-state index in [0.717, 1.165) is 44.9 Å². The Morgan fingerprint density at radius 3 is 1.49 bits per heavy atom. The summed E-state index contributed by atoms with van der Waals surface area (Å²) in [6, 6.07) is -0.933. The van der Waals surface area contributed by atoms with Crippen molar-refractivity contribution in [2.24, 2.45) is 0 Å². The van der Waals surface area contributed by atoms with E-state index in [4.69, 9.17) is 18.9 Å². The summed E-state index contributed by atoms with van der Waals surface area (Å²) in [5, 5.41) is 86.6. The highest BCUT2D eigenvalue weighted by molar-refractivity contribution is 5.76. The van der Waals surface area contributed by atoms with E-state index in [1.54, 1.807) is 6.08 Å². The van der Waals surface area contributed by atoms with Crippen molar-refractivity contribution in [2.45, 2.75) is 261 Å². The van der Waals surface area contributed by atoms with Crippen LogP contribution in [0, 0.1) is 0 Å². The SMILES string of the molecule is CCCC/C=C/CC/C=C/CC/C=C/C(O)C(COC1OC(CO)C(OC2OC(CO)C(O)C(O)C2O)C(O)C1O)NC(=O)CCCCCCCCCCCCCCCCCCCCC. The molecule has 12 atom stereocenters. The van der Waals surface area contributed by atoms with E-state index in [2.05, 4.69) is 43.5 Å². The van der Waals surface area contributed by atoms with Gasteiger partial charge in [-0.3, -0.25) is 4.79 Å². The summed E-state index contributed by atoms with van der Waals surface area (Å²) in [5.74, 6) is -0.254. The molecule has 0 spiro atoms. The fourth-order valence-corrected chi connectivity index (χ4v) is 8.31. The molecule has 2 aliphatic rings. The van der Waals surface area contributed by atoms with Crippen LogP contribution in [0.15, 0.2) is 36.5 Å². The number of allylic oxidation sites excluding steroid dienone is 5. The minimum Gasteiger partial charge on any atom is -0.394 e. The molecule has 0 aromatic carbocycles. The molecule has 0 radical (unpaired) electrons. The first-order chi connectivity index (χ1) is 31.6. The Labute approximate surface area is 391 Å². The van der Waals surface area contributed by atoms with E-state index in [1.807, 2.05) is 6.08 Å². The Morgan fingerprint density at radius 2 is 0.985 bits per heavy atom. The number of carbonyl (C=O) groups excluding carboxylic acids is 1. The zero-order valence-electron chi connectivity index (χ0n) is 40.2. The molecule has 0 saturated carbocycles. The van der Waals surface area contributed by atoms with Crippen molar-refractivity contribution in [1.82, 2.24) is 5.32 Å². The number of unbranched alkanes of at least 4 members (excludes halogenated alkanes) is 22. The summed E-state index contributed by atoms with van der Waals surface area (Å²) in [5.41, 5.74) is 0. The Bertz CT molecular complexity index is 1230. The molecule has 380 valence electrons. The van der Waals surface area contributed by atoms with Crippen LogP contribution >= 0.6 is 0 Å². The molecule has 1 amide bonds. The maximum Gasteiger partial charge on any atom is 0.220 e. The number of ether oxygens (including phenoxy) is 4. The van der Waals surface area contributed by atoms with E-state index < -0.39 is 86.8 Å². The summed E-state index contributed by atoms with van der Waals surface area (Å²) < 4.78 is 22.6. The van der Waals surface area contributed by atoms with E-state index in [-0.39, 0.29) is 18.9 Å². The third kappa shape index (κ3) is 25.4. The van der Waals surface area contributed by atoms with Gasteiger partial charge < -0.3 is 65.1 Å². The summed E-state index contributed by atoms with van der Waals surface area (Å²) in [6.07, 6.45) is 26.2. The summed E-state index contributed by atoms with van der Waals surface area (Å²) in [6.45, 7) is 2.71. The molecule has 0 aromatic heterocycles. The zero-order chi connectivity index (χ0) is 47.5. The number of carbonyl (C=O) groups is 1. The Balaban J connectivity index is 1.83. The monoisotopic (exact) mass is 928 g/mol. The lowest BCUT2D eigenvalue weighted by Gasteiger charge is -2.46. The van der Waals surface area contributed by atoms with Crippen molar-refractivity contribution >= 4 is 5.91 Å². The van der Waals surface area contributed by atoms with Crippen LogP contribution in [0.2, 0.25) is 0 Å². The van der Waals surface area contributed by atoms with Crippen LogP contribution in [0.25, 0.3) is 0 Å². The minimum atomic E-state index is -1.79. The van der Waals surface area contributed by atoms with Gasteiger partial charge in [0.25, 0.3) is 0 Å². The van der Waals surface area contributed by atoms with E-state index >= 15 is 0 Å². The highest BCUT2D eigenvalue weighted by atomic mass is 16.7. The lowest BCUT2D eigenvalue weighted by molar-refractivity contribution is -0.359. The molecule has 65 heavy (non-hydrogen) atoms. The largest absolute Gasteiger partial charge is 0.394 e. The van der Waals surface area contributed by atoms with Crippen molar-refractivity contribution in [1.29, 1.82) is 0 Å². The van der Waals surface area contributed by atoms with Gasteiger partial charge in [0.15, 0.2) is 12.6 Å². The third-order valence-electron chi connectivity index (χ3n) is 12.6. The van der Waals surface area contributed by atoms with E-state index in [0.29, 0.717) is 12.8 Å². The molecular weight excluding hydrogens is 835 g/mol. The van der Waals surface area contributed by atoms with Gasteiger partial charge in [-0.15, -0.1) is 0 Å². The maximum absolute atomic E-state index is 13.2. The molecule has 14 heteroatoms. The zero-order valence-corrected chi connectivity index (χ0v) is 40.2. The molecule has 0 aliphatic carbocycles. The van der Waals surface area contributed by atoms with Crippen LogP contribution in [-0.4, -0.2) is 140 Å². The van der Waals surface area contributed by atoms with Gasteiger partial charge in [0.05, 0.1) is 32.0 Å². The van der Waals surface area contributed by atoms with Gasteiger partial charge in [0.1, 0.15) is 48.8 Å². The minimum absolute atomic E-state index is 0.254. The van der Waals surface area contributed by atoms with Crippen molar-refractivity contribution in [2.75, 3.05) is 19.8 Å². The summed E-state index contributed by atoms with van der Waals surface area (Å²) in [7, 11) is 0. The van der Waals surface area contributed by atoms with Crippen molar-refractivity contribution in [3.8, 4) is 0 Å². The van der Waals surface area contributed by atoms with Crippen molar-refractivity contribution in [3.63, 3.8) is 0 Å². The normalized spacial score (nSPS) is 27.3. The summed E-state index contributed by atoms with van der Waals surface area (Å²) >= 11 is 0. The fraction of sp³-hybridized carbons (Fsp3) is 0.863. The fourth-order valence-electron chi connectivity index (χ4n) is 8.31. The van der Waals surface area contributed by atoms with Gasteiger partial charge in [-0.25, -0.2) is 0 Å². The second kappa shape index (κ2) is 38.1. The van der Waals surface area contributed by atoms with Crippen LogP contribution in [0.5, 0.6) is 0 Å². The van der Waals surface area contributed by atoms with Crippen LogP contribution in [-0.2, 0) is 23.7 Å². The number of amides is 1. The van der Waals surface area contributed by atoms with Gasteiger partial charge in [0.2, 0.25) is 5.91 Å². The predicted molar refractivity (Wildman–Crippen MR) is 254 cm³/mol. The second-order valence-corrected chi connectivity index (χ2v) is 18.3. The van der Waals surface area contributed by atoms with Gasteiger partial charge in [0, 0.05) is 6.42 Å². The van der Waals surface area contributed by atoms with Crippen LogP contribution in [0.3, 0.4) is 0 Å². The highest BCUT2D eigenvalue weighted by Gasteiger charge is 2.51. The quantitative estimate of drug-likeness (QED) is 0.0231. The molecular formula is C51H93NO13. The van der Waals surface area contributed by atoms with E-state index in [9.17, 15) is 45.6 Å². The average Bonchev–Trinajstić information content (AvgIpc) is 3.30. The molecule has 2 fully saturated rings. The molecule has 14 nitrogen and oxygen atoms in total. The number of aliphatic hydroxyl groups is 8. The predicted octanol–water partition coefficient (Wildman–Crippen LogP) is 6.71. The van der Waals surface area contributed by atoms with Crippen molar-refractivity contribution < 1.29 is 64.6 Å². The number of nitrogens with one attached hydrogen (secondary N) is 1. The van der Waals surface area contributed by atoms with Gasteiger partial charge >= 0.3 is 0 Å². The first-order valence-corrected chi connectivity index (χ1v) is 25.7. The van der Waals surface area contributed by atoms with Gasteiger partial charge in [-0.05, 0) is 38.5 Å². The van der Waals surface area contributed by atoms with Gasteiger partial charge in [-0.1, -0.05) is 179 Å². The Kier molecular flexibility index (Phi) is 34.8. The number of aliphatic hydroxyl groups excluding tert-OH is 8. The van der Waals surface area contributed by atoms with Crippen LogP contribution in [0.1, 0.15) is 187 Å². The van der Waals surface area contributed by atoms with E-state index in [1.165, 1.54) is 109 Å². The molecule has 2 heterocycles. The number of hydrogen-bond acceptors (Lipinski definition) is 13. The Morgan fingerprint density at radius 1 is 0.538 bits per heavy atom. The van der Waals surface area contributed by atoms with Crippen LogP contribution < -0.4 is 5.32 Å². The highest BCUT2D eigenvalue weighted by Crippen LogP contribution is 2.30. The van der Waals surface area contributed by atoms with Gasteiger partial charge in [-0.2, -0.15) is 0 Å². The van der Waals surface area contributed by atoms with Crippen molar-refractivity contribution in [3.05, 3.63) is 36.5 Å². The molecule has 0 bridgehead atoms. The topological polar surface area (TPSA) is 228 Å². The molecule has 2 saturated heterocycles. The Hall–Kier alpha value is -1.79. The maximum atomic E-state index is 13.2. The standard InChI is InChI=1S/C51H93NO13/c1-3-5-7-9-11-13-15-17-18-19-20-21-22-23-25-27-29-31-33-35-43(56)52-39(40(55)34-32-30-28-26-24-16-14-12-10-8-6-4-2)38-62-50-48(61)46(59)49(42(37-54)64-50)65-51-47(60)45(58)44(57)41(36-53)63-51/h10,12,24,26,32,34,39-42,44-51,53-55,57-61H,3-9,11,13-23,25,27-31,33,35-38H2,1-2H3,(H,52,56)/b12-10+,26-24+,34-32+. The number of hydrogen-bond donors (Lipinski definition) is 9. The third-order valence-corrected chi connectivity index (χ3v) is 12.6. The molecule has 0 aromatic rings. The lowest BCUT2D eigenvalue weighted by Crippen LogP contribution is -2.65. The molecule has 2 rings (SSSR count). The molecule has 9 N–H and O–H groups in total. The lowest BCUT2D eigenvalue weighted by atomic mass is 9.97. The summed E-state index contributed by atoms with van der Waals surface area (Å²) in [4.78, 5) is 13.2. The first-order valence-electron chi connectivity index (χ1n) is 25.7. The molecule has 12 unspecified atom stereocenters. The number of rotatable bonds is 39. The average molecular weight is 928 g/mol. The smallest absolute Gasteiger partial charge is 0.220 e. The van der Waals surface area contributed by atoms with Crippen LogP contribution in [0.4, 0.5) is 0 Å². The first kappa shape index (κ1) is 59.3. The second-order valence-electron chi connectivity index (χ2n) is 18.3. The molecule has 2 aliphatic heterocycles.